The molecule has 0 radical (unpaired) electrons. The number of rotatable bonds is 5. The van der Waals surface area contributed by atoms with E-state index in [-0.39, 0.29) is 0 Å². The van der Waals surface area contributed by atoms with Crippen LogP contribution in [0.5, 0.6) is 0 Å². The van der Waals surface area contributed by atoms with Crippen molar-refractivity contribution in [1.29, 1.82) is 0 Å². The molecule has 1 aromatic carbocycles. The predicted molar refractivity (Wildman–Crippen MR) is 72.6 cm³/mol. The van der Waals surface area contributed by atoms with E-state index in [4.69, 9.17) is 0 Å². The molecule has 0 aliphatic heterocycles. The van der Waals surface area contributed by atoms with Gasteiger partial charge in [0.1, 0.15) is 0 Å². The summed E-state index contributed by atoms with van der Waals surface area (Å²) >= 11 is 0. The van der Waals surface area contributed by atoms with Crippen LogP contribution in [0, 0.1) is 17.8 Å². The molecule has 0 aliphatic carbocycles. The van der Waals surface area contributed by atoms with Crippen LogP contribution in [0.1, 0.15) is 52.5 Å². The second-order valence-corrected chi connectivity index (χ2v) is 5.63. The molecule has 0 saturated carbocycles. The van der Waals surface area contributed by atoms with Gasteiger partial charge in [-0.15, -0.1) is 0 Å². The first-order chi connectivity index (χ1) is 7.52. The third-order valence-corrected chi connectivity index (χ3v) is 4.04. The highest BCUT2D eigenvalue weighted by Crippen LogP contribution is 2.30. The molecule has 0 aromatic heterocycles. The predicted octanol–water partition coefficient (Wildman–Crippen LogP) is 5.11. The molecule has 90 valence electrons. The van der Waals surface area contributed by atoms with Crippen molar-refractivity contribution < 1.29 is 0 Å². The van der Waals surface area contributed by atoms with Crippen LogP contribution in [-0.2, 0) is 0 Å². The number of benzene rings is 1. The molecule has 0 spiro atoms. The summed E-state index contributed by atoms with van der Waals surface area (Å²) in [6.07, 6.45) is 1.30. The maximum Gasteiger partial charge on any atom is -0.0188 e. The molecule has 0 heteroatoms. The molecule has 1 rings (SSSR count). The molecular weight excluding hydrogens is 192 g/mol. The van der Waals surface area contributed by atoms with E-state index in [1.165, 1.54) is 12.0 Å². The van der Waals surface area contributed by atoms with Gasteiger partial charge in [0.2, 0.25) is 0 Å². The van der Waals surface area contributed by atoms with Crippen molar-refractivity contribution in [2.24, 2.45) is 17.8 Å². The lowest BCUT2D eigenvalue weighted by molar-refractivity contribution is 0.271. The molecule has 0 saturated heterocycles. The molecule has 0 bridgehead atoms. The zero-order chi connectivity index (χ0) is 12.1. The minimum atomic E-state index is 0.678. The van der Waals surface area contributed by atoms with Crippen molar-refractivity contribution in [3.8, 4) is 0 Å². The number of hydrogen-bond acceptors (Lipinski definition) is 0. The fourth-order valence-electron chi connectivity index (χ4n) is 2.35. The van der Waals surface area contributed by atoms with Crippen LogP contribution in [0.25, 0.3) is 0 Å². The average molecular weight is 218 g/mol. The van der Waals surface area contributed by atoms with Crippen molar-refractivity contribution in [3.05, 3.63) is 35.9 Å². The molecule has 3 unspecified atom stereocenters. The molecule has 3 atom stereocenters. The van der Waals surface area contributed by atoms with Gasteiger partial charge in [-0.2, -0.15) is 0 Å². The van der Waals surface area contributed by atoms with E-state index in [2.05, 4.69) is 65.0 Å². The Bertz CT molecular complexity index is 286. The molecular formula is C16H26. The van der Waals surface area contributed by atoms with Crippen molar-refractivity contribution >= 4 is 0 Å². The molecule has 0 amide bonds. The Morgan fingerprint density at radius 1 is 0.875 bits per heavy atom. The lowest BCUT2D eigenvalue weighted by Gasteiger charge is -2.26. The lowest BCUT2D eigenvalue weighted by Crippen LogP contribution is -2.16. The maximum atomic E-state index is 2.39. The second-order valence-electron chi connectivity index (χ2n) is 5.63. The smallest absolute Gasteiger partial charge is 0.0188 e. The Kier molecular flexibility index (Phi) is 5.05. The van der Waals surface area contributed by atoms with Crippen LogP contribution in [-0.4, -0.2) is 0 Å². The Labute approximate surface area is 101 Å². The highest BCUT2D eigenvalue weighted by molar-refractivity contribution is 5.18. The van der Waals surface area contributed by atoms with E-state index >= 15 is 0 Å². The van der Waals surface area contributed by atoms with Crippen molar-refractivity contribution in [1.82, 2.24) is 0 Å². The van der Waals surface area contributed by atoms with Gasteiger partial charge in [-0.1, -0.05) is 65.0 Å². The van der Waals surface area contributed by atoms with Crippen LogP contribution < -0.4 is 0 Å². The Balaban J connectivity index is 2.55. The van der Waals surface area contributed by atoms with Crippen molar-refractivity contribution in [2.45, 2.75) is 47.0 Å². The summed E-state index contributed by atoms with van der Waals surface area (Å²) in [7, 11) is 0. The summed E-state index contributed by atoms with van der Waals surface area (Å²) in [5, 5.41) is 0. The maximum absolute atomic E-state index is 2.39. The average Bonchev–Trinajstić information content (AvgIpc) is 2.28. The van der Waals surface area contributed by atoms with E-state index in [0.717, 1.165) is 17.8 Å². The van der Waals surface area contributed by atoms with Crippen molar-refractivity contribution in [3.63, 3.8) is 0 Å². The molecule has 0 heterocycles. The molecule has 16 heavy (non-hydrogen) atoms. The molecule has 0 fully saturated rings. The first-order valence-corrected chi connectivity index (χ1v) is 6.57. The fourth-order valence-corrected chi connectivity index (χ4v) is 2.35. The Morgan fingerprint density at radius 3 is 1.94 bits per heavy atom. The van der Waals surface area contributed by atoms with E-state index in [1.54, 1.807) is 0 Å². The minimum Gasteiger partial charge on any atom is -0.0625 e. The third kappa shape index (κ3) is 3.66. The van der Waals surface area contributed by atoms with Gasteiger partial charge in [0.25, 0.3) is 0 Å². The van der Waals surface area contributed by atoms with Gasteiger partial charge in [-0.05, 0) is 35.7 Å². The summed E-state index contributed by atoms with van der Waals surface area (Å²) in [5.74, 6) is 3.08. The Morgan fingerprint density at radius 2 is 1.44 bits per heavy atom. The standard InChI is InChI=1S/C16H26/c1-12(2)15(5)13(3)11-14(4)16-9-7-6-8-10-16/h6-10,12-15H,11H2,1-5H3. The van der Waals surface area contributed by atoms with Crippen molar-refractivity contribution in [2.75, 3.05) is 0 Å². The fraction of sp³-hybridized carbons (Fsp3) is 0.625. The van der Waals surface area contributed by atoms with Crippen LogP contribution in [0.2, 0.25) is 0 Å². The van der Waals surface area contributed by atoms with E-state index in [1.807, 2.05) is 0 Å². The quantitative estimate of drug-likeness (QED) is 0.644. The van der Waals surface area contributed by atoms with E-state index in [0.29, 0.717) is 5.92 Å². The highest BCUT2D eigenvalue weighted by Gasteiger charge is 2.18. The highest BCUT2D eigenvalue weighted by atomic mass is 14.2. The minimum absolute atomic E-state index is 0.678. The summed E-state index contributed by atoms with van der Waals surface area (Å²) in [6, 6.07) is 10.9. The van der Waals surface area contributed by atoms with Gasteiger partial charge in [-0.3, -0.25) is 0 Å². The summed E-state index contributed by atoms with van der Waals surface area (Å²) < 4.78 is 0. The van der Waals surface area contributed by atoms with Gasteiger partial charge in [0.05, 0.1) is 0 Å². The van der Waals surface area contributed by atoms with Gasteiger partial charge < -0.3 is 0 Å². The normalized spacial score (nSPS) is 17.1. The molecule has 0 N–H and O–H groups in total. The molecule has 1 aromatic rings. The molecule has 0 aliphatic rings. The first-order valence-electron chi connectivity index (χ1n) is 6.57. The van der Waals surface area contributed by atoms with Gasteiger partial charge >= 0.3 is 0 Å². The molecule has 0 nitrogen and oxygen atoms in total. The second kappa shape index (κ2) is 6.08. The Hall–Kier alpha value is -0.780. The van der Waals surface area contributed by atoms with E-state index < -0.39 is 0 Å². The zero-order valence-electron chi connectivity index (χ0n) is 11.4. The van der Waals surface area contributed by atoms with Crippen LogP contribution in [0.3, 0.4) is 0 Å². The van der Waals surface area contributed by atoms with E-state index in [9.17, 15) is 0 Å². The first kappa shape index (κ1) is 13.3. The SMILES string of the molecule is CC(CC(C)C(C)C(C)C)c1ccccc1. The van der Waals surface area contributed by atoms with Crippen LogP contribution >= 0.6 is 0 Å². The monoisotopic (exact) mass is 218 g/mol. The largest absolute Gasteiger partial charge is 0.0625 e. The summed E-state index contributed by atoms with van der Waals surface area (Å²) in [4.78, 5) is 0. The summed E-state index contributed by atoms with van der Waals surface area (Å²) in [5.41, 5.74) is 1.48. The van der Waals surface area contributed by atoms with Gasteiger partial charge in [0, 0.05) is 0 Å². The summed E-state index contributed by atoms with van der Waals surface area (Å²) in [6.45, 7) is 11.8. The van der Waals surface area contributed by atoms with Crippen LogP contribution in [0.15, 0.2) is 30.3 Å². The third-order valence-electron chi connectivity index (χ3n) is 4.04. The topological polar surface area (TPSA) is 0 Å². The lowest BCUT2D eigenvalue weighted by atomic mass is 9.80. The number of hydrogen-bond donors (Lipinski definition) is 0. The van der Waals surface area contributed by atoms with Gasteiger partial charge in [-0.25, -0.2) is 0 Å². The van der Waals surface area contributed by atoms with Crippen LogP contribution in [0.4, 0.5) is 0 Å². The van der Waals surface area contributed by atoms with Gasteiger partial charge in [0.15, 0.2) is 0 Å². The zero-order valence-corrected chi connectivity index (χ0v) is 11.4.